The van der Waals surface area contributed by atoms with Gasteiger partial charge in [-0.3, -0.25) is 4.68 Å². The SMILES string of the molecule is CCCC(C(=O)O)n1nc(C)c(N)c1C. The van der Waals surface area contributed by atoms with E-state index in [1.165, 1.54) is 4.68 Å². The highest BCUT2D eigenvalue weighted by Crippen LogP contribution is 2.22. The third-order valence-electron chi connectivity index (χ3n) is 2.52. The van der Waals surface area contributed by atoms with Crippen molar-refractivity contribution in [3.05, 3.63) is 11.4 Å². The van der Waals surface area contributed by atoms with Crippen molar-refractivity contribution >= 4 is 11.7 Å². The molecule has 0 spiro atoms. The third kappa shape index (κ3) is 2.11. The van der Waals surface area contributed by atoms with E-state index in [1.54, 1.807) is 13.8 Å². The zero-order chi connectivity index (χ0) is 11.6. The van der Waals surface area contributed by atoms with Crippen LogP contribution < -0.4 is 5.73 Å². The quantitative estimate of drug-likeness (QED) is 0.790. The summed E-state index contributed by atoms with van der Waals surface area (Å²) < 4.78 is 1.51. The van der Waals surface area contributed by atoms with E-state index in [9.17, 15) is 4.79 Å². The summed E-state index contributed by atoms with van der Waals surface area (Å²) in [5, 5.41) is 13.2. The predicted molar refractivity (Wildman–Crippen MR) is 57.7 cm³/mol. The molecule has 0 aliphatic rings. The van der Waals surface area contributed by atoms with Gasteiger partial charge in [0.25, 0.3) is 0 Å². The molecule has 1 aromatic heterocycles. The van der Waals surface area contributed by atoms with Crippen molar-refractivity contribution in [1.29, 1.82) is 0 Å². The largest absolute Gasteiger partial charge is 0.480 e. The number of rotatable bonds is 4. The van der Waals surface area contributed by atoms with Crippen LogP contribution in [0, 0.1) is 13.8 Å². The molecular weight excluding hydrogens is 194 g/mol. The number of carbonyl (C=O) groups is 1. The van der Waals surface area contributed by atoms with Crippen LogP contribution in [0.15, 0.2) is 0 Å². The molecule has 1 unspecified atom stereocenters. The molecule has 0 saturated carbocycles. The summed E-state index contributed by atoms with van der Waals surface area (Å²) in [4.78, 5) is 11.1. The van der Waals surface area contributed by atoms with E-state index in [1.807, 2.05) is 6.92 Å². The maximum absolute atomic E-state index is 11.1. The second-order valence-electron chi connectivity index (χ2n) is 3.67. The second kappa shape index (κ2) is 4.33. The number of hydrogen-bond donors (Lipinski definition) is 2. The minimum atomic E-state index is -0.859. The van der Waals surface area contributed by atoms with Crippen LogP contribution in [0.2, 0.25) is 0 Å². The molecule has 15 heavy (non-hydrogen) atoms. The van der Waals surface area contributed by atoms with Crippen molar-refractivity contribution < 1.29 is 9.90 Å². The smallest absolute Gasteiger partial charge is 0.328 e. The van der Waals surface area contributed by atoms with Crippen molar-refractivity contribution in [2.45, 2.75) is 39.7 Å². The lowest BCUT2D eigenvalue weighted by Gasteiger charge is -2.13. The van der Waals surface area contributed by atoms with Gasteiger partial charge in [0.2, 0.25) is 0 Å². The van der Waals surface area contributed by atoms with Crippen LogP contribution >= 0.6 is 0 Å². The number of anilines is 1. The fourth-order valence-corrected chi connectivity index (χ4v) is 1.60. The first-order valence-corrected chi connectivity index (χ1v) is 5.03. The van der Waals surface area contributed by atoms with Crippen LogP contribution in [0.3, 0.4) is 0 Å². The van der Waals surface area contributed by atoms with Gasteiger partial charge in [0, 0.05) is 0 Å². The Morgan fingerprint density at radius 2 is 2.20 bits per heavy atom. The van der Waals surface area contributed by atoms with Crippen molar-refractivity contribution in [2.24, 2.45) is 0 Å². The van der Waals surface area contributed by atoms with Gasteiger partial charge in [0.15, 0.2) is 0 Å². The summed E-state index contributed by atoms with van der Waals surface area (Å²) in [6, 6.07) is -0.606. The van der Waals surface area contributed by atoms with E-state index in [0.717, 1.165) is 12.1 Å². The first-order chi connectivity index (χ1) is 6.99. The summed E-state index contributed by atoms with van der Waals surface area (Å²) in [5.74, 6) is -0.859. The minimum absolute atomic E-state index is 0.566. The van der Waals surface area contributed by atoms with Gasteiger partial charge in [-0.15, -0.1) is 0 Å². The Morgan fingerprint density at radius 3 is 2.53 bits per heavy atom. The molecule has 0 saturated heterocycles. The van der Waals surface area contributed by atoms with Crippen LogP contribution in [0.5, 0.6) is 0 Å². The molecule has 1 rings (SSSR count). The fourth-order valence-electron chi connectivity index (χ4n) is 1.60. The first kappa shape index (κ1) is 11.6. The molecule has 0 aliphatic heterocycles. The molecule has 84 valence electrons. The summed E-state index contributed by atoms with van der Waals surface area (Å²) >= 11 is 0. The maximum atomic E-state index is 11.1. The van der Waals surface area contributed by atoms with Crippen molar-refractivity contribution in [3.8, 4) is 0 Å². The molecule has 5 nitrogen and oxygen atoms in total. The lowest BCUT2D eigenvalue weighted by atomic mass is 10.1. The lowest BCUT2D eigenvalue weighted by molar-refractivity contribution is -0.141. The highest BCUT2D eigenvalue weighted by Gasteiger charge is 2.22. The van der Waals surface area contributed by atoms with Crippen molar-refractivity contribution in [1.82, 2.24) is 9.78 Å². The number of aromatic nitrogens is 2. The third-order valence-corrected chi connectivity index (χ3v) is 2.52. The van der Waals surface area contributed by atoms with Crippen molar-refractivity contribution in [3.63, 3.8) is 0 Å². The van der Waals surface area contributed by atoms with Gasteiger partial charge in [-0.2, -0.15) is 5.10 Å². The van der Waals surface area contributed by atoms with E-state index in [0.29, 0.717) is 17.8 Å². The Kier molecular flexibility index (Phi) is 3.34. The topological polar surface area (TPSA) is 81.1 Å². The Bertz CT molecular complexity index is 371. The van der Waals surface area contributed by atoms with Crippen LogP contribution in [0.4, 0.5) is 5.69 Å². The zero-order valence-corrected chi connectivity index (χ0v) is 9.32. The molecule has 3 N–H and O–H groups in total. The Labute approximate surface area is 88.9 Å². The van der Waals surface area contributed by atoms with Gasteiger partial charge in [-0.25, -0.2) is 4.79 Å². The number of nitrogens with zero attached hydrogens (tertiary/aromatic N) is 2. The number of hydrogen-bond acceptors (Lipinski definition) is 3. The molecule has 0 aliphatic carbocycles. The molecular formula is C10H17N3O2. The fraction of sp³-hybridized carbons (Fsp3) is 0.600. The van der Waals surface area contributed by atoms with Crippen LogP contribution in [0.1, 0.15) is 37.2 Å². The van der Waals surface area contributed by atoms with E-state index in [-0.39, 0.29) is 0 Å². The summed E-state index contributed by atoms with van der Waals surface area (Å²) in [6.07, 6.45) is 1.37. The van der Waals surface area contributed by atoms with E-state index in [2.05, 4.69) is 5.10 Å². The monoisotopic (exact) mass is 211 g/mol. The number of carboxylic acid groups (broad SMARTS) is 1. The van der Waals surface area contributed by atoms with Crippen LogP contribution in [-0.2, 0) is 4.79 Å². The minimum Gasteiger partial charge on any atom is -0.480 e. The predicted octanol–water partition coefficient (Wildman–Crippen LogP) is 1.51. The molecule has 0 aromatic carbocycles. The van der Waals surface area contributed by atoms with Gasteiger partial charge in [-0.1, -0.05) is 13.3 Å². The molecule has 5 heteroatoms. The number of nitrogens with two attached hydrogens (primary N) is 1. The first-order valence-electron chi connectivity index (χ1n) is 5.03. The zero-order valence-electron chi connectivity index (χ0n) is 9.32. The van der Waals surface area contributed by atoms with Crippen molar-refractivity contribution in [2.75, 3.05) is 5.73 Å². The van der Waals surface area contributed by atoms with E-state index < -0.39 is 12.0 Å². The molecule has 1 aromatic rings. The normalized spacial score (nSPS) is 12.7. The van der Waals surface area contributed by atoms with Gasteiger partial charge in [-0.05, 0) is 20.3 Å². The van der Waals surface area contributed by atoms with Crippen LogP contribution in [-0.4, -0.2) is 20.9 Å². The Hall–Kier alpha value is -1.52. The molecule has 1 heterocycles. The number of aryl methyl sites for hydroxylation is 1. The number of nitrogen functional groups attached to an aromatic ring is 1. The molecule has 0 fully saturated rings. The van der Waals surface area contributed by atoms with Gasteiger partial charge >= 0.3 is 5.97 Å². The Morgan fingerprint density at radius 1 is 1.60 bits per heavy atom. The van der Waals surface area contributed by atoms with Crippen LogP contribution in [0.25, 0.3) is 0 Å². The molecule has 0 bridgehead atoms. The van der Waals surface area contributed by atoms with E-state index in [4.69, 9.17) is 10.8 Å². The number of carboxylic acids is 1. The second-order valence-corrected chi connectivity index (χ2v) is 3.67. The maximum Gasteiger partial charge on any atom is 0.328 e. The summed E-state index contributed by atoms with van der Waals surface area (Å²) in [5.41, 5.74) is 7.76. The lowest BCUT2D eigenvalue weighted by Crippen LogP contribution is -2.21. The average Bonchev–Trinajstić information content (AvgIpc) is 2.42. The molecule has 0 amide bonds. The van der Waals surface area contributed by atoms with E-state index >= 15 is 0 Å². The summed E-state index contributed by atoms with van der Waals surface area (Å²) in [6.45, 7) is 5.52. The van der Waals surface area contributed by atoms with Gasteiger partial charge < -0.3 is 10.8 Å². The Balaban J connectivity index is 3.11. The average molecular weight is 211 g/mol. The highest BCUT2D eigenvalue weighted by molar-refractivity contribution is 5.72. The van der Waals surface area contributed by atoms with Gasteiger partial charge in [0.05, 0.1) is 17.1 Å². The standard InChI is InChI=1S/C10H17N3O2/c1-4-5-8(10(14)15)13-7(3)9(11)6(2)12-13/h8H,4-5,11H2,1-3H3,(H,14,15). The number of aliphatic carboxylic acids is 1. The van der Waals surface area contributed by atoms with Gasteiger partial charge in [0.1, 0.15) is 6.04 Å². The molecule has 1 atom stereocenters. The molecule has 0 radical (unpaired) electrons. The summed E-state index contributed by atoms with van der Waals surface area (Å²) in [7, 11) is 0. The highest BCUT2D eigenvalue weighted by atomic mass is 16.4.